The minimum atomic E-state index is -0.974. The third-order valence-corrected chi connectivity index (χ3v) is 3.85. The lowest BCUT2D eigenvalue weighted by Crippen LogP contribution is -2.42. The van der Waals surface area contributed by atoms with Gasteiger partial charge in [-0.25, -0.2) is 0 Å². The zero-order chi connectivity index (χ0) is 14.3. The predicted octanol–water partition coefficient (Wildman–Crippen LogP) is 2.49. The van der Waals surface area contributed by atoms with Crippen LogP contribution in [0.5, 0.6) is 0 Å². The zero-order valence-corrected chi connectivity index (χ0v) is 12.0. The summed E-state index contributed by atoms with van der Waals surface area (Å²) in [5.74, 6) is -0.842. The van der Waals surface area contributed by atoms with E-state index in [2.05, 4.69) is 0 Å². The quantitative estimate of drug-likeness (QED) is 0.780. The molecule has 0 radical (unpaired) electrons. The van der Waals surface area contributed by atoms with Crippen molar-refractivity contribution in [2.75, 3.05) is 12.3 Å². The second-order valence-corrected chi connectivity index (χ2v) is 5.32. The van der Waals surface area contributed by atoms with Crippen molar-refractivity contribution in [2.24, 2.45) is 0 Å². The molecule has 0 fully saturated rings. The van der Waals surface area contributed by atoms with E-state index in [0.29, 0.717) is 0 Å². The Kier molecular flexibility index (Phi) is 6.42. The Hall–Kier alpha value is -1.49. The molecular formula is C14H19NO3S. The van der Waals surface area contributed by atoms with E-state index >= 15 is 0 Å². The van der Waals surface area contributed by atoms with Gasteiger partial charge < -0.3 is 10.0 Å². The Balaban J connectivity index is 2.59. The fourth-order valence-corrected chi connectivity index (χ4v) is 2.41. The molecule has 1 aromatic carbocycles. The SMILES string of the molecule is CCC(C)N(CC(=O)O)C(=O)CSc1ccccc1. The van der Waals surface area contributed by atoms with E-state index in [1.54, 1.807) is 0 Å². The number of amides is 1. The normalized spacial score (nSPS) is 11.9. The van der Waals surface area contributed by atoms with Crippen LogP contribution in [0.25, 0.3) is 0 Å². The second-order valence-electron chi connectivity index (χ2n) is 4.27. The van der Waals surface area contributed by atoms with E-state index in [-0.39, 0.29) is 24.2 Å². The van der Waals surface area contributed by atoms with Crippen LogP contribution >= 0.6 is 11.8 Å². The van der Waals surface area contributed by atoms with E-state index < -0.39 is 5.97 Å². The summed E-state index contributed by atoms with van der Waals surface area (Å²) < 4.78 is 0. The maximum Gasteiger partial charge on any atom is 0.323 e. The highest BCUT2D eigenvalue weighted by molar-refractivity contribution is 8.00. The third-order valence-electron chi connectivity index (χ3n) is 2.85. The Bertz CT molecular complexity index is 422. The van der Waals surface area contributed by atoms with Crippen molar-refractivity contribution >= 4 is 23.6 Å². The van der Waals surface area contributed by atoms with Gasteiger partial charge in [0.1, 0.15) is 6.54 Å². The number of rotatable bonds is 7. The molecule has 1 aromatic rings. The van der Waals surface area contributed by atoms with Gasteiger partial charge in [0.15, 0.2) is 0 Å². The molecule has 1 N–H and O–H groups in total. The Labute approximate surface area is 117 Å². The number of carbonyl (C=O) groups excluding carboxylic acids is 1. The van der Waals surface area contributed by atoms with Gasteiger partial charge in [0, 0.05) is 10.9 Å². The molecule has 1 amide bonds. The summed E-state index contributed by atoms with van der Waals surface area (Å²) in [7, 11) is 0. The summed E-state index contributed by atoms with van der Waals surface area (Å²) in [6.45, 7) is 3.58. The molecule has 0 aromatic heterocycles. The maximum atomic E-state index is 12.1. The highest BCUT2D eigenvalue weighted by Gasteiger charge is 2.21. The average Bonchev–Trinajstić information content (AvgIpc) is 2.42. The first kappa shape index (κ1) is 15.6. The molecule has 0 bridgehead atoms. The lowest BCUT2D eigenvalue weighted by molar-refractivity contribution is -0.144. The standard InChI is InChI=1S/C14H19NO3S/c1-3-11(2)15(9-14(17)18)13(16)10-19-12-7-5-4-6-8-12/h4-8,11H,3,9-10H2,1-2H3,(H,17,18). The van der Waals surface area contributed by atoms with Gasteiger partial charge in [-0.2, -0.15) is 0 Å². The molecule has 1 rings (SSSR count). The van der Waals surface area contributed by atoms with Gasteiger partial charge in [0.25, 0.3) is 0 Å². The topological polar surface area (TPSA) is 57.6 Å². The largest absolute Gasteiger partial charge is 0.480 e. The number of thioether (sulfide) groups is 1. The monoisotopic (exact) mass is 281 g/mol. The number of carbonyl (C=O) groups is 2. The van der Waals surface area contributed by atoms with Gasteiger partial charge in [0.2, 0.25) is 5.91 Å². The van der Waals surface area contributed by atoms with E-state index in [0.717, 1.165) is 11.3 Å². The van der Waals surface area contributed by atoms with Crippen LogP contribution in [0, 0.1) is 0 Å². The van der Waals surface area contributed by atoms with Crippen molar-refractivity contribution < 1.29 is 14.7 Å². The van der Waals surface area contributed by atoms with Gasteiger partial charge in [-0.1, -0.05) is 25.1 Å². The number of hydrogen-bond donors (Lipinski definition) is 1. The van der Waals surface area contributed by atoms with Crippen LogP contribution in [-0.4, -0.2) is 40.2 Å². The summed E-state index contributed by atoms with van der Waals surface area (Å²) in [5.41, 5.74) is 0. The zero-order valence-electron chi connectivity index (χ0n) is 11.2. The summed E-state index contributed by atoms with van der Waals surface area (Å²) in [4.78, 5) is 25.3. The first-order chi connectivity index (χ1) is 9.04. The van der Waals surface area contributed by atoms with Crippen LogP contribution in [-0.2, 0) is 9.59 Å². The number of carboxylic acid groups (broad SMARTS) is 1. The second kappa shape index (κ2) is 7.84. The lowest BCUT2D eigenvalue weighted by atomic mass is 10.2. The van der Waals surface area contributed by atoms with E-state index in [9.17, 15) is 9.59 Å². The summed E-state index contributed by atoms with van der Waals surface area (Å²) >= 11 is 1.43. The van der Waals surface area contributed by atoms with Crippen molar-refractivity contribution in [3.8, 4) is 0 Å². The molecule has 104 valence electrons. The van der Waals surface area contributed by atoms with Crippen molar-refractivity contribution in [3.63, 3.8) is 0 Å². The number of aliphatic carboxylic acids is 1. The van der Waals surface area contributed by atoms with Gasteiger partial charge in [0.05, 0.1) is 5.75 Å². The average molecular weight is 281 g/mol. The molecule has 1 atom stereocenters. The first-order valence-electron chi connectivity index (χ1n) is 6.23. The van der Waals surface area contributed by atoms with E-state index in [1.807, 2.05) is 44.2 Å². The van der Waals surface area contributed by atoms with Crippen LogP contribution in [0.4, 0.5) is 0 Å². The highest BCUT2D eigenvalue weighted by atomic mass is 32.2. The Morgan fingerprint density at radius 1 is 1.32 bits per heavy atom. The summed E-state index contributed by atoms with van der Waals surface area (Å²) in [5, 5.41) is 8.86. The Morgan fingerprint density at radius 2 is 1.95 bits per heavy atom. The van der Waals surface area contributed by atoms with Crippen molar-refractivity contribution in [2.45, 2.75) is 31.2 Å². The highest BCUT2D eigenvalue weighted by Crippen LogP contribution is 2.18. The Morgan fingerprint density at radius 3 is 2.47 bits per heavy atom. The van der Waals surface area contributed by atoms with Gasteiger partial charge >= 0.3 is 5.97 Å². The number of hydrogen-bond acceptors (Lipinski definition) is 3. The van der Waals surface area contributed by atoms with Crippen LogP contribution in [0.2, 0.25) is 0 Å². The van der Waals surface area contributed by atoms with Gasteiger partial charge in [-0.3, -0.25) is 9.59 Å². The minimum absolute atomic E-state index is 0.0556. The molecule has 0 aliphatic heterocycles. The van der Waals surface area contributed by atoms with Crippen LogP contribution in [0.15, 0.2) is 35.2 Å². The molecule has 0 saturated heterocycles. The van der Waals surface area contributed by atoms with Crippen molar-refractivity contribution in [1.82, 2.24) is 4.90 Å². The molecule has 1 unspecified atom stereocenters. The fraction of sp³-hybridized carbons (Fsp3) is 0.429. The molecule has 0 spiro atoms. The molecule has 0 aliphatic rings. The molecule has 0 aliphatic carbocycles. The first-order valence-corrected chi connectivity index (χ1v) is 7.22. The van der Waals surface area contributed by atoms with E-state index in [1.165, 1.54) is 16.7 Å². The van der Waals surface area contributed by atoms with Crippen molar-refractivity contribution in [1.29, 1.82) is 0 Å². The predicted molar refractivity (Wildman–Crippen MR) is 76.3 cm³/mol. The molecule has 4 nitrogen and oxygen atoms in total. The lowest BCUT2D eigenvalue weighted by Gasteiger charge is -2.26. The fourth-order valence-electron chi connectivity index (χ4n) is 1.60. The summed E-state index contributed by atoms with van der Waals surface area (Å²) in [6, 6.07) is 9.56. The molecule has 0 heterocycles. The molecule has 19 heavy (non-hydrogen) atoms. The van der Waals surface area contributed by atoms with Gasteiger partial charge in [-0.15, -0.1) is 11.8 Å². The smallest absolute Gasteiger partial charge is 0.323 e. The number of benzene rings is 1. The van der Waals surface area contributed by atoms with E-state index in [4.69, 9.17) is 5.11 Å². The van der Waals surface area contributed by atoms with Crippen LogP contribution in [0.1, 0.15) is 20.3 Å². The number of carboxylic acids is 1. The van der Waals surface area contributed by atoms with Crippen LogP contribution < -0.4 is 0 Å². The molecular weight excluding hydrogens is 262 g/mol. The number of nitrogens with zero attached hydrogens (tertiary/aromatic N) is 1. The van der Waals surface area contributed by atoms with Crippen molar-refractivity contribution in [3.05, 3.63) is 30.3 Å². The maximum absolute atomic E-state index is 12.1. The summed E-state index contributed by atoms with van der Waals surface area (Å²) in [6.07, 6.45) is 0.745. The molecule has 5 heteroatoms. The minimum Gasteiger partial charge on any atom is -0.480 e. The van der Waals surface area contributed by atoms with Gasteiger partial charge in [-0.05, 0) is 25.5 Å². The third kappa shape index (κ3) is 5.34. The molecule has 0 saturated carbocycles. The van der Waals surface area contributed by atoms with Crippen LogP contribution in [0.3, 0.4) is 0 Å².